The molecule has 0 aliphatic carbocycles. The Morgan fingerprint density at radius 1 is 1.07 bits per heavy atom. The number of ether oxygens (including phenoxy) is 1. The number of carbonyl (C=O) groups excluding carboxylic acids is 2. The van der Waals surface area contributed by atoms with Crippen LogP contribution in [0, 0.1) is 0 Å². The molecule has 28 heavy (non-hydrogen) atoms. The van der Waals surface area contributed by atoms with Gasteiger partial charge in [0.15, 0.2) is 0 Å². The molecule has 3 aromatic rings. The van der Waals surface area contributed by atoms with Crippen LogP contribution in [0.4, 0.5) is 0 Å². The van der Waals surface area contributed by atoms with E-state index < -0.39 is 17.5 Å². The zero-order valence-electron chi connectivity index (χ0n) is 15.6. The highest BCUT2D eigenvalue weighted by molar-refractivity contribution is 5.96. The summed E-state index contributed by atoms with van der Waals surface area (Å²) in [6.45, 7) is 2.48. The Bertz CT molecular complexity index is 1040. The van der Waals surface area contributed by atoms with Crippen LogP contribution in [0.5, 0.6) is 0 Å². The van der Waals surface area contributed by atoms with Gasteiger partial charge in [0.1, 0.15) is 11.1 Å². The first-order valence-corrected chi connectivity index (χ1v) is 9.15. The molecule has 144 valence electrons. The molecule has 0 unspecified atom stereocenters. The third-order valence-electron chi connectivity index (χ3n) is 4.32. The highest BCUT2D eigenvalue weighted by atomic mass is 16.5. The molecule has 0 saturated carbocycles. The number of fused-ring (bicyclic) bond motifs is 1. The number of amides is 1. The molecule has 0 bridgehead atoms. The zero-order valence-corrected chi connectivity index (χ0v) is 15.6. The first-order chi connectivity index (χ1) is 13.6. The molecule has 0 fully saturated rings. The lowest BCUT2D eigenvalue weighted by molar-refractivity contribution is 0.0501. The maximum atomic E-state index is 12.2. The SMILES string of the molecule is CCc1ccc(C(=O)OCCCNC(=O)c2cc3ccccc3oc2=O)cc1. The molecule has 0 saturated heterocycles. The second kappa shape index (κ2) is 8.99. The smallest absolute Gasteiger partial charge is 0.349 e. The van der Waals surface area contributed by atoms with E-state index in [1.54, 1.807) is 36.4 Å². The van der Waals surface area contributed by atoms with Crippen LogP contribution in [0.25, 0.3) is 11.0 Å². The van der Waals surface area contributed by atoms with Gasteiger partial charge in [0, 0.05) is 11.9 Å². The number of nitrogens with one attached hydrogen (secondary N) is 1. The van der Waals surface area contributed by atoms with E-state index in [-0.39, 0.29) is 18.7 Å². The molecular weight excluding hydrogens is 358 g/mol. The van der Waals surface area contributed by atoms with Gasteiger partial charge in [-0.05, 0) is 42.7 Å². The number of esters is 1. The Balaban J connectivity index is 1.47. The molecule has 0 aliphatic rings. The third-order valence-corrected chi connectivity index (χ3v) is 4.32. The number of benzene rings is 2. The van der Waals surface area contributed by atoms with Gasteiger partial charge >= 0.3 is 11.6 Å². The maximum absolute atomic E-state index is 12.2. The average Bonchev–Trinajstić information content (AvgIpc) is 2.72. The summed E-state index contributed by atoms with van der Waals surface area (Å²) in [5, 5.41) is 3.32. The molecule has 6 heteroatoms. The summed E-state index contributed by atoms with van der Waals surface area (Å²) in [7, 11) is 0. The molecule has 1 N–H and O–H groups in total. The Labute approximate surface area is 162 Å². The second-order valence-corrected chi connectivity index (χ2v) is 6.28. The fourth-order valence-corrected chi connectivity index (χ4v) is 2.71. The Morgan fingerprint density at radius 3 is 2.57 bits per heavy atom. The van der Waals surface area contributed by atoms with Gasteiger partial charge in [-0.3, -0.25) is 4.79 Å². The molecule has 0 aliphatic heterocycles. The highest BCUT2D eigenvalue weighted by Gasteiger charge is 2.13. The van der Waals surface area contributed by atoms with Crippen LogP contribution in [0.1, 0.15) is 39.6 Å². The summed E-state index contributed by atoms with van der Waals surface area (Å²) < 4.78 is 10.4. The number of hydrogen-bond acceptors (Lipinski definition) is 5. The normalized spacial score (nSPS) is 10.6. The number of carbonyl (C=O) groups is 2. The van der Waals surface area contributed by atoms with Crippen molar-refractivity contribution in [3.8, 4) is 0 Å². The van der Waals surface area contributed by atoms with Crippen LogP contribution in [-0.4, -0.2) is 25.0 Å². The molecule has 0 spiro atoms. The lowest BCUT2D eigenvalue weighted by atomic mass is 10.1. The quantitative estimate of drug-likeness (QED) is 0.387. The summed E-state index contributed by atoms with van der Waals surface area (Å²) in [6, 6.07) is 15.8. The molecule has 3 rings (SSSR count). The maximum Gasteiger partial charge on any atom is 0.349 e. The number of rotatable bonds is 7. The predicted molar refractivity (Wildman–Crippen MR) is 106 cm³/mol. The molecular formula is C22H21NO5. The molecule has 6 nitrogen and oxygen atoms in total. The van der Waals surface area contributed by atoms with Gasteiger partial charge in [-0.2, -0.15) is 0 Å². The van der Waals surface area contributed by atoms with Gasteiger partial charge in [-0.25, -0.2) is 9.59 Å². The lowest BCUT2D eigenvalue weighted by Gasteiger charge is -2.07. The summed E-state index contributed by atoms with van der Waals surface area (Å²) in [4.78, 5) is 36.1. The van der Waals surface area contributed by atoms with E-state index in [1.807, 2.05) is 19.1 Å². The molecule has 0 radical (unpaired) electrons. The van der Waals surface area contributed by atoms with Gasteiger partial charge in [-0.1, -0.05) is 37.3 Å². The number of hydrogen-bond donors (Lipinski definition) is 1. The van der Waals surface area contributed by atoms with E-state index in [1.165, 1.54) is 6.07 Å². The van der Waals surface area contributed by atoms with E-state index in [0.717, 1.165) is 12.0 Å². The van der Waals surface area contributed by atoms with Crippen molar-refractivity contribution in [3.63, 3.8) is 0 Å². The molecule has 1 amide bonds. The van der Waals surface area contributed by atoms with E-state index in [2.05, 4.69) is 5.32 Å². The first kappa shape index (κ1) is 19.4. The van der Waals surface area contributed by atoms with Crippen LogP contribution in [0.3, 0.4) is 0 Å². The topological polar surface area (TPSA) is 85.6 Å². The monoisotopic (exact) mass is 379 g/mol. The van der Waals surface area contributed by atoms with Gasteiger partial charge < -0.3 is 14.5 Å². The summed E-state index contributed by atoms with van der Waals surface area (Å²) in [5.41, 5.74) is 1.35. The summed E-state index contributed by atoms with van der Waals surface area (Å²) in [5.74, 6) is -0.912. The van der Waals surface area contributed by atoms with Crippen LogP contribution in [-0.2, 0) is 11.2 Å². The minimum absolute atomic E-state index is 0.0493. The Kier molecular flexibility index (Phi) is 6.22. The third kappa shape index (κ3) is 4.65. The van der Waals surface area contributed by atoms with E-state index >= 15 is 0 Å². The summed E-state index contributed by atoms with van der Waals surface area (Å²) >= 11 is 0. The van der Waals surface area contributed by atoms with Gasteiger partial charge in [0.2, 0.25) is 0 Å². The number of para-hydroxylation sites is 1. The van der Waals surface area contributed by atoms with Crippen molar-refractivity contribution >= 4 is 22.8 Å². The van der Waals surface area contributed by atoms with Gasteiger partial charge in [0.25, 0.3) is 5.91 Å². The van der Waals surface area contributed by atoms with Crippen molar-refractivity contribution in [3.05, 3.63) is 81.7 Å². The highest BCUT2D eigenvalue weighted by Crippen LogP contribution is 2.12. The second-order valence-electron chi connectivity index (χ2n) is 6.28. The molecule has 1 aromatic heterocycles. The molecule has 1 heterocycles. The van der Waals surface area contributed by atoms with Crippen molar-refractivity contribution in [1.82, 2.24) is 5.32 Å². The Morgan fingerprint density at radius 2 is 1.82 bits per heavy atom. The zero-order chi connectivity index (χ0) is 19.9. The van der Waals surface area contributed by atoms with Crippen molar-refractivity contribution in [2.45, 2.75) is 19.8 Å². The van der Waals surface area contributed by atoms with E-state index in [0.29, 0.717) is 23.0 Å². The van der Waals surface area contributed by atoms with E-state index in [9.17, 15) is 14.4 Å². The molecule has 2 aromatic carbocycles. The van der Waals surface area contributed by atoms with Crippen molar-refractivity contribution in [2.75, 3.05) is 13.2 Å². The van der Waals surface area contributed by atoms with Crippen molar-refractivity contribution in [1.29, 1.82) is 0 Å². The summed E-state index contributed by atoms with van der Waals surface area (Å²) in [6.07, 6.45) is 1.34. The van der Waals surface area contributed by atoms with E-state index in [4.69, 9.17) is 9.15 Å². The van der Waals surface area contributed by atoms with Crippen molar-refractivity contribution < 1.29 is 18.7 Å². The van der Waals surface area contributed by atoms with Gasteiger partial charge in [0.05, 0.1) is 12.2 Å². The minimum Gasteiger partial charge on any atom is -0.462 e. The van der Waals surface area contributed by atoms with Crippen LogP contribution in [0.15, 0.2) is 63.8 Å². The lowest BCUT2D eigenvalue weighted by Crippen LogP contribution is -2.29. The van der Waals surface area contributed by atoms with Gasteiger partial charge in [-0.15, -0.1) is 0 Å². The standard InChI is InChI=1S/C22H21NO5/c1-2-15-8-10-16(11-9-15)21(25)27-13-5-12-23-20(24)18-14-17-6-3-4-7-19(17)28-22(18)26/h3-4,6-11,14H,2,5,12-13H2,1H3,(H,23,24). The number of aryl methyl sites for hydroxylation is 1. The first-order valence-electron chi connectivity index (χ1n) is 9.15. The molecule has 0 atom stereocenters. The van der Waals surface area contributed by atoms with Crippen LogP contribution < -0.4 is 10.9 Å². The van der Waals surface area contributed by atoms with Crippen LogP contribution >= 0.6 is 0 Å². The largest absolute Gasteiger partial charge is 0.462 e. The predicted octanol–water partition coefficient (Wildman–Crippen LogP) is 3.33. The van der Waals surface area contributed by atoms with Crippen LogP contribution in [0.2, 0.25) is 0 Å². The average molecular weight is 379 g/mol. The Hall–Kier alpha value is -3.41. The fourth-order valence-electron chi connectivity index (χ4n) is 2.71. The van der Waals surface area contributed by atoms with Crippen molar-refractivity contribution in [2.24, 2.45) is 0 Å². The fraction of sp³-hybridized carbons (Fsp3) is 0.227. The minimum atomic E-state index is -0.682.